The number of hydrogen-bond donors (Lipinski definition) is 3. The molecule has 0 radical (unpaired) electrons. The number of likely N-dealkylation sites (tertiary alicyclic amines) is 1. The summed E-state index contributed by atoms with van der Waals surface area (Å²) in [6.07, 6.45) is 3.63. The molecule has 1 atom stereocenters. The Labute approximate surface area is 137 Å². The summed E-state index contributed by atoms with van der Waals surface area (Å²) < 4.78 is 5.47. The second-order valence-corrected chi connectivity index (χ2v) is 6.19. The Kier molecular flexibility index (Phi) is 6.01. The van der Waals surface area contributed by atoms with Crippen LogP contribution in [-0.2, 0) is 4.74 Å². The second-order valence-electron chi connectivity index (χ2n) is 6.19. The zero-order valence-corrected chi connectivity index (χ0v) is 13.6. The van der Waals surface area contributed by atoms with Crippen LogP contribution in [0.15, 0.2) is 6.07 Å². The van der Waals surface area contributed by atoms with Crippen LogP contribution in [0.4, 0.5) is 11.8 Å². The van der Waals surface area contributed by atoms with Crippen LogP contribution in [0.3, 0.4) is 0 Å². The molecule has 1 unspecified atom stereocenters. The van der Waals surface area contributed by atoms with Crippen molar-refractivity contribution < 1.29 is 9.84 Å². The third-order valence-electron chi connectivity index (χ3n) is 4.42. The van der Waals surface area contributed by atoms with Crippen molar-refractivity contribution in [3.8, 4) is 0 Å². The van der Waals surface area contributed by atoms with Gasteiger partial charge in [0, 0.05) is 38.2 Å². The lowest BCUT2D eigenvalue weighted by molar-refractivity contribution is 0.193. The van der Waals surface area contributed by atoms with E-state index in [1.807, 2.05) is 6.07 Å². The van der Waals surface area contributed by atoms with Gasteiger partial charge >= 0.3 is 0 Å². The zero-order valence-electron chi connectivity index (χ0n) is 13.6. The van der Waals surface area contributed by atoms with Crippen molar-refractivity contribution in [1.29, 1.82) is 0 Å². The molecule has 0 aromatic carbocycles. The first kappa shape index (κ1) is 16.4. The third-order valence-corrected chi connectivity index (χ3v) is 4.42. The van der Waals surface area contributed by atoms with Gasteiger partial charge in [0.25, 0.3) is 0 Å². The van der Waals surface area contributed by atoms with Gasteiger partial charge in [-0.25, -0.2) is 4.98 Å². The Morgan fingerprint density at radius 3 is 2.83 bits per heavy atom. The Balaban J connectivity index is 1.62. The summed E-state index contributed by atoms with van der Waals surface area (Å²) in [4.78, 5) is 11.6. The van der Waals surface area contributed by atoms with Crippen LogP contribution in [0, 0.1) is 0 Å². The van der Waals surface area contributed by atoms with E-state index in [2.05, 4.69) is 25.5 Å². The smallest absolute Gasteiger partial charge is 0.224 e. The Bertz CT molecular complexity index is 487. The van der Waals surface area contributed by atoms with Crippen LogP contribution in [0.5, 0.6) is 0 Å². The molecule has 2 aliphatic heterocycles. The van der Waals surface area contributed by atoms with Gasteiger partial charge in [0.15, 0.2) is 0 Å². The summed E-state index contributed by atoms with van der Waals surface area (Å²) >= 11 is 0. The average Bonchev–Trinajstić information content (AvgIpc) is 3.26. The van der Waals surface area contributed by atoms with Crippen LogP contribution < -0.4 is 10.6 Å². The standard InChI is InChI=1S/C16H27N5O2/c22-9-5-18-16-19-14(13-3-10-23-12-13)11-15(20-16)17-4-8-21-6-1-2-7-21/h11,13,22H,1-10,12H2,(H2,17,18,19,20). The van der Waals surface area contributed by atoms with Gasteiger partial charge in [-0.2, -0.15) is 4.98 Å². The summed E-state index contributed by atoms with van der Waals surface area (Å²) in [5.41, 5.74) is 1.02. The number of aliphatic hydroxyl groups excluding tert-OH is 1. The topological polar surface area (TPSA) is 82.5 Å². The lowest BCUT2D eigenvalue weighted by Crippen LogP contribution is -2.26. The average molecular weight is 321 g/mol. The van der Waals surface area contributed by atoms with Crippen LogP contribution in [0.25, 0.3) is 0 Å². The lowest BCUT2D eigenvalue weighted by atomic mass is 10.0. The Hall–Kier alpha value is -1.44. The van der Waals surface area contributed by atoms with Crippen molar-refractivity contribution in [2.45, 2.75) is 25.2 Å². The second kappa shape index (κ2) is 8.42. The molecule has 0 spiro atoms. The highest BCUT2D eigenvalue weighted by Gasteiger charge is 2.21. The third kappa shape index (κ3) is 4.76. The van der Waals surface area contributed by atoms with E-state index in [1.165, 1.54) is 25.9 Å². The maximum Gasteiger partial charge on any atom is 0.224 e. The number of aliphatic hydroxyl groups is 1. The van der Waals surface area contributed by atoms with Gasteiger partial charge in [0.1, 0.15) is 5.82 Å². The maximum atomic E-state index is 8.98. The Morgan fingerprint density at radius 1 is 1.22 bits per heavy atom. The van der Waals surface area contributed by atoms with Gasteiger partial charge in [-0.05, 0) is 32.4 Å². The van der Waals surface area contributed by atoms with E-state index >= 15 is 0 Å². The summed E-state index contributed by atoms with van der Waals surface area (Å²) in [6.45, 7) is 6.40. The van der Waals surface area contributed by atoms with Crippen molar-refractivity contribution in [3.63, 3.8) is 0 Å². The van der Waals surface area contributed by atoms with E-state index in [1.54, 1.807) is 0 Å². The molecule has 0 saturated carbocycles. The van der Waals surface area contributed by atoms with Crippen molar-refractivity contribution in [3.05, 3.63) is 11.8 Å². The molecule has 3 heterocycles. The van der Waals surface area contributed by atoms with Gasteiger partial charge in [-0.1, -0.05) is 0 Å². The molecule has 1 aromatic rings. The highest BCUT2D eigenvalue weighted by atomic mass is 16.5. The number of ether oxygens (including phenoxy) is 1. The first-order chi connectivity index (χ1) is 11.3. The van der Waals surface area contributed by atoms with Crippen molar-refractivity contribution in [2.75, 3.05) is 63.2 Å². The molecular formula is C16H27N5O2. The molecule has 0 amide bonds. The first-order valence-corrected chi connectivity index (χ1v) is 8.63. The molecule has 2 aliphatic rings. The fourth-order valence-electron chi connectivity index (χ4n) is 3.13. The van der Waals surface area contributed by atoms with Gasteiger partial charge in [-0.3, -0.25) is 0 Å². The number of aromatic nitrogens is 2. The van der Waals surface area contributed by atoms with Crippen LogP contribution >= 0.6 is 0 Å². The molecule has 7 heteroatoms. The molecule has 2 fully saturated rings. The fraction of sp³-hybridized carbons (Fsp3) is 0.750. The monoisotopic (exact) mass is 321 g/mol. The quantitative estimate of drug-likeness (QED) is 0.656. The first-order valence-electron chi connectivity index (χ1n) is 8.63. The molecule has 1 aromatic heterocycles. The van der Waals surface area contributed by atoms with Crippen molar-refractivity contribution in [1.82, 2.24) is 14.9 Å². The minimum atomic E-state index is 0.0673. The van der Waals surface area contributed by atoms with Crippen molar-refractivity contribution >= 4 is 11.8 Å². The van der Waals surface area contributed by atoms with Crippen LogP contribution in [0.2, 0.25) is 0 Å². The number of nitrogens with one attached hydrogen (secondary N) is 2. The number of hydrogen-bond acceptors (Lipinski definition) is 7. The van der Waals surface area contributed by atoms with E-state index in [-0.39, 0.29) is 6.61 Å². The minimum Gasteiger partial charge on any atom is -0.395 e. The minimum absolute atomic E-state index is 0.0673. The van der Waals surface area contributed by atoms with E-state index in [0.29, 0.717) is 18.4 Å². The molecule has 3 N–H and O–H groups in total. The van der Waals surface area contributed by atoms with Gasteiger partial charge in [0.05, 0.1) is 18.9 Å². The lowest BCUT2D eigenvalue weighted by Gasteiger charge is -2.16. The molecule has 0 bridgehead atoms. The van der Waals surface area contributed by atoms with Crippen molar-refractivity contribution in [2.24, 2.45) is 0 Å². The predicted octanol–water partition coefficient (Wildman–Crippen LogP) is 0.892. The van der Waals surface area contributed by atoms with E-state index in [0.717, 1.165) is 44.2 Å². The number of anilines is 2. The molecule has 128 valence electrons. The van der Waals surface area contributed by atoms with Crippen LogP contribution in [0.1, 0.15) is 30.9 Å². The summed E-state index contributed by atoms with van der Waals surface area (Å²) in [7, 11) is 0. The molecular weight excluding hydrogens is 294 g/mol. The molecule has 7 nitrogen and oxygen atoms in total. The number of nitrogens with zero attached hydrogens (tertiary/aromatic N) is 3. The molecule has 23 heavy (non-hydrogen) atoms. The number of rotatable bonds is 8. The molecule has 2 saturated heterocycles. The normalized spacial score (nSPS) is 21.7. The fourth-order valence-corrected chi connectivity index (χ4v) is 3.13. The van der Waals surface area contributed by atoms with Gasteiger partial charge in [0.2, 0.25) is 5.95 Å². The SMILES string of the molecule is OCCNc1nc(NCCN2CCCC2)cc(C2CCOC2)n1. The zero-order chi connectivity index (χ0) is 15.9. The Morgan fingerprint density at radius 2 is 2.09 bits per heavy atom. The van der Waals surface area contributed by atoms with E-state index in [9.17, 15) is 0 Å². The largest absolute Gasteiger partial charge is 0.395 e. The predicted molar refractivity (Wildman–Crippen MR) is 89.9 cm³/mol. The van der Waals surface area contributed by atoms with Gasteiger partial charge < -0.3 is 25.4 Å². The summed E-state index contributed by atoms with van der Waals surface area (Å²) in [6, 6.07) is 2.04. The van der Waals surface area contributed by atoms with E-state index in [4.69, 9.17) is 9.84 Å². The van der Waals surface area contributed by atoms with E-state index < -0.39 is 0 Å². The van der Waals surface area contributed by atoms with Gasteiger partial charge in [-0.15, -0.1) is 0 Å². The summed E-state index contributed by atoms with van der Waals surface area (Å²) in [5.74, 6) is 1.76. The highest BCUT2D eigenvalue weighted by molar-refractivity contribution is 5.43. The molecule has 0 aliphatic carbocycles. The van der Waals surface area contributed by atoms with Crippen LogP contribution in [-0.4, -0.2) is 72.5 Å². The molecule has 3 rings (SSSR count). The maximum absolute atomic E-state index is 8.98. The highest BCUT2D eigenvalue weighted by Crippen LogP contribution is 2.26. The summed E-state index contributed by atoms with van der Waals surface area (Å²) in [5, 5.41) is 15.5.